The molecule has 0 heterocycles. The molecule has 0 aliphatic carbocycles. The SMILES string of the molecule is CC[C@H](C)NC(=O)[C@H](C)N(Cc1ccccc1)C(=O)CN(c1ccc(Cl)c(Cl)c1)S(=O)(=O)c1ccc(C)cc1. The number of nitrogens with one attached hydrogen (secondary N) is 1. The second kappa shape index (κ2) is 13.3. The van der Waals surface area contributed by atoms with Crippen LogP contribution < -0.4 is 9.62 Å². The van der Waals surface area contributed by atoms with Gasteiger partial charge in [0, 0.05) is 12.6 Å². The molecule has 0 saturated heterocycles. The Bertz CT molecular complexity index is 1400. The van der Waals surface area contributed by atoms with Gasteiger partial charge < -0.3 is 10.2 Å². The van der Waals surface area contributed by atoms with Crippen molar-refractivity contribution >= 4 is 50.7 Å². The highest BCUT2D eigenvalue weighted by Gasteiger charge is 2.33. The Hall–Kier alpha value is -3.07. The molecule has 3 rings (SSSR count). The van der Waals surface area contributed by atoms with Crippen LogP contribution in [0.15, 0.2) is 77.7 Å². The molecule has 208 valence electrons. The molecule has 39 heavy (non-hydrogen) atoms. The van der Waals surface area contributed by atoms with Gasteiger partial charge in [-0.2, -0.15) is 0 Å². The molecule has 0 aromatic heterocycles. The lowest BCUT2D eigenvalue weighted by molar-refractivity contribution is -0.139. The number of rotatable bonds is 11. The van der Waals surface area contributed by atoms with Gasteiger partial charge in [0.15, 0.2) is 0 Å². The molecule has 0 bridgehead atoms. The second-order valence-corrected chi connectivity index (χ2v) is 12.1. The van der Waals surface area contributed by atoms with Crippen LogP contribution in [0, 0.1) is 6.92 Å². The van der Waals surface area contributed by atoms with Gasteiger partial charge in [-0.25, -0.2) is 8.42 Å². The zero-order chi connectivity index (χ0) is 28.7. The number of anilines is 1. The minimum atomic E-state index is -4.19. The molecular weight excluding hydrogens is 557 g/mol. The number of hydrogen-bond acceptors (Lipinski definition) is 4. The van der Waals surface area contributed by atoms with E-state index < -0.39 is 28.5 Å². The Morgan fingerprint density at radius 1 is 0.923 bits per heavy atom. The average Bonchev–Trinajstić information content (AvgIpc) is 2.92. The highest BCUT2D eigenvalue weighted by molar-refractivity contribution is 7.92. The van der Waals surface area contributed by atoms with E-state index in [1.807, 2.05) is 51.1 Å². The first-order chi connectivity index (χ1) is 18.4. The van der Waals surface area contributed by atoms with Gasteiger partial charge in [0.1, 0.15) is 12.6 Å². The van der Waals surface area contributed by atoms with Gasteiger partial charge in [-0.3, -0.25) is 13.9 Å². The first-order valence-electron chi connectivity index (χ1n) is 12.6. The Balaban J connectivity index is 2.04. The van der Waals surface area contributed by atoms with E-state index in [2.05, 4.69) is 5.32 Å². The summed E-state index contributed by atoms with van der Waals surface area (Å²) >= 11 is 12.3. The normalized spacial score (nSPS) is 12.9. The summed E-state index contributed by atoms with van der Waals surface area (Å²) in [4.78, 5) is 28.4. The summed E-state index contributed by atoms with van der Waals surface area (Å²) in [5.41, 5.74) is 1.87. The van der Waals surface area contributed by atoms with Gasteiger partial charge in [0.05, 0.1) is 20.6 Å². The van der Waals surface area contributed by atoms with E-state index in [1.165, 1.54) is 35.2 Å². The fourth-order valence-electron chi connectivity index (χ4n) is 3.83. The average molecular weight is 591 g/mol. The summed E-state index contributed by atoms with van der Waals surface area (Å²) in [6.07, 6.45) is 0.727. The fraction of sp³-hybridized carbons (Fsp3) is 0.310. The number of carbonyl (C=O) groups excluding carboxylic acids is 2. The molecule has 0 spiro atoms. The number of hydrogen-bond donors (Lipinski definition) is 1. The van der Waals surface area contributed by atoms with Crippen molar-refractivity contribution in [3.05, 3.63) is 94.0 Å². The number of benzene rings is 3. The Labute approximate surface area is 240 Å². The summed E-state index contributed by atoms with van der Waals surface area (Å²) < 4.78 is 28.7. The first kappa shape index (κ1) is 30.5. The van der Waals surface area contributed by atoms with Crippen LogP contribution in [0.2, 0.25) is 10.0 Å². The number of sulfonamides is 1. The van der Waals surface area contributed by atoms with Gasteiger partial charge >= 0.3 is 0 Å². The molecule has 2 atom stereocenters. The van der Waals surface area contributed by atoms with Crippen LogP contribution in [0.3, 0.4) is 0 Å². The van der Waals surface area contributed by atoms with E-state index in [0.29, 0.717) is 0 Å². The Morgan fingerprint density at radius 2 is 1.56 bits per heavy atom. The third-order valence-corrected chi connectivity index (χ3v) is 8.97. The zero-order valence-electron chi connectivity index (χ0n) is 22.4. The third kappa shape index (κ3) is 7.75. The third-order valence-electron chi connectivity index (χ3n) is 6.44. The monoisotopic (exact) mass is 589 g/mol. The predicted octanol–water partition coefficient (Wildman–Crippen LogP) is 5.83. The van der Waals surface area contributed by atoms with Crippen LogP contribution in [0.25, 0.3) is 0 Å². The zero-order valence-corrected chi connectivity index (χ0v) is 24.7. The lowest BCUT2D eigenvalue weighted by atomic mass is 10.1. The molecule has 0 aliphatic heterocycles. The summed E-state index contributed by atoms with van der Waals surface area (Å²) in [5, 5.41) is 3.31. The van der Waals surface area contributed by atoms with Crippen molar-refractivity contribution in [1.29, 1.82) is 0 Å². The largest absolute Gasteiger partial charge is 0.352 e. The van der Waals surface area contributed by atoms with E-state index in [-0.39, 0.29) is 39.1 Å². The minimum Gasteiger partial charge on any atom is -0.352 e. The molecule has 0 unspecified atom stereocenters. The van der Waals surface area contributed by atoms with Crippen LogP contribution in [0.1, 0.15) is 38.3 Å². The van der Waals surface area contributed by atoms with Gasteiger partial charge in [-0.1, -0.05) is 78.2 Å². The van der Waals surface area contributed by atoms with Crippen LogP contribution in [-0.4, -0.2) is 43.8 Å². The summed E-state index contributed by atoms with van der Waals surface area (Å²) in [6.45, 7) is 6.89. The number of halogens is 2. The molecule has 2 amide bonds. The molecule has 3 aromatic rings. The highest BCUT2D eigenvalue weighted by Crippen LogP contribution is 2.31. The van der Waals surface area contributed by atoms with E-state index in [1.54, 1.807) is 19.1 Å². The number of carbonyl (C=O) groups is 2. The summed E-state index contributed by atoms with van der Waals surface area (Å²) in [7, 11) is -4.19. The van der Waals surface area contributed by atoms with Crippen molar-refractivity contribution in [2.24, 2.45) is 0 Å². The molecular formula is C29H33Cl2N3O4S. The predicted molar refractivity (Wildman–Crippen MR) is 157 cm³/mol. The van der Waals surface area contributed by atoms with Crippen LogP contribution in [-0.2, 0) is 26.2 Å². The van der Waals surface area contributed by atoms with Gasteiger partial charge in [-0.15, -0.1) is 0 Å². The molecule has 0 radical (unpaired) electrons. The number of aryl methyl sites for hydroxylation is 1. The first-order valence-corrected chi connectivity index (χ1v) is 14.8. The van der Waals surface area contributed by atoms with Crippen molar-refractivity contribution in [3.63, 3.8) is 0 Å². The van der Waals surface area contributed by atoms with E-state index >= 15 is 0 Å². The van der Waals surface area contributed by atoms with E-state index in [9.17, 15) is 18.0 Å². The van der Waals surface area contributed by atoms with Crippen molar-refractivity contribution in [2.45, 2.75) is 57.6 Å². The van der Waals surface area contributed by atoms with E-state index in [4.69, 9.17) is 23.2 Å². The van der Waals surface area contributed by atoms with Crippen LogP contribution in [0.4, 0.5) is 5.69 Å². The Morgan fingerprint density at radius 3 is 2.15 bits per heavy atom. The Kier molecular flexibility index (Phi) is 10.4. The number of amides is 2. The molecule has 0 saturated carbocycles. The molecule has 10 heteroatoms. The highest BCUT2D eigenvalue weighted by atomic mass is 35.5. The maximum atomic E-state index is 13.9. The topological polar surface area (TPSA) is 86.8 Å². The number of nitrogens with zero attached hydrogens (tertiary/aromatic N) is 2. The standard InChI is InChI=1S/C29H33Cl2N3O4S/c1-5-21(3)32-29(36)22(4)33(18-23-9-7-6-8-10-23)28(35)19-34(24-13-16-26(30)27(31)17-24)39(37,38)25-14-11-20(2)12-15-25/h6-17,21-22H,5,18-19H2,1-4H3,(H,32,36)/t21-,22-/m0/s1. The molecule has 7 nitrogen and oxygen atoms in total. The van der Waals surface area contributed by atoms with Crippen molar-refractivity contribution < 1.29 is 18.0 Å². The maximum Gasteiger partial charge on any atom is 0.264 e. The molecule has 1 N–H and O–H groups in total. The van der Waals surface area contributed by atoms with E-state index in [0.717, 1.165) is 21.9 Å². The lowest BCUT2D eigenvalue weighted by Crippen LogP contribution is -2.52. The second-order valence-electron chi connectivity index (χ2n) is 9.42. The van der Waals surface area contributed by atoms with Crippen LogP contribution >= 0.6 is 23.2 Å². The smallest absolute Gasteiger partial charge is 0.264 e. The van der Waals surface area contributed by atoms with Gasteiger partial charge in [0.2, 0.25) is 11.8 Å². The van der Waals surface area contributed by atoms with Crippen molar-refractivity contribution in [2.75, 3.05) is 10.8 Å². The summed E-state index contributed by atoms with van der Waals surface area (Å²) in [5.74, 6) is -0.872. The molecule has 0 fully saturated rings. The fourth-order valence-corrected chi connectivity index (χ4v) is 5.53. The lowest BCUT2D eigenvalue weighted by Gasteiger charge is -2.32. The maximum absolute atomic E-state index is 13.9. The quantitative estimate of drug-likeness (QED) is 0.305. The summed E-state index contributed by atoms with van der Waals surface area (Å²) in [6, 6.07) is 19.0. The minimum absolute atomic E-state index is 0.0177. The van der Waals surface area contributed by atoms with Crippen molar-refractivity contribution in [1.82, 2.24) is 10.2 Å². The van der Waals surface area contributed by atoms with Crippen LogP contribution in [0.5, 0.6) is 0 Å². The van der Waals surface area contributed by atoms with Crippen molar-refractivity contribution in [3.8, 4) is 0 Å². The molecule has 0 aliphatic rings. The molecule has 3 aromatic carbocycles. The van der Waals surface area contributed by atoms with Gasteiger partial charge in [-0.05, 0) is 63.1 Å². The van der Waals surface area contributed by atoms with Gasteiger partial charge in [0.25, 0.3) is 10.0 Å².